The summed E-state index contributed by atoms with van der Waals surface area (Å²) in [6.07, 6.45) is 1.99. The highest BCUT2D eigenvalue weighted by Gasteiger charge is 2.16. The fourth-order valence-corrected chi connectivity index (χ4v) is 1.96. The normalized spacial score (nSPS) is 11.8. The summed E-state index contributed by atoms with van der Waals surface area (Å²) >= 11 is 0. The van der Waals surface area contributed by atoms with E-state index in [0.29, 0.717) is 11.7 Å². The molecule has 5 nitrogen and oxygen atoms in total. The third-order valence-corrected chi connectivity index (χ3v) is 2.59. The second-order valence-electron chi connectivity index (χ2n) is 4.60. The van der Waals surface area contributed by atoms with E-state index < -0.39 is 0 Å². The monoisotopic (exact) mass is 221 g/mol. The summed E-state index contributed by atoms with van der Waals surface area (Å²) in [5.41, 5.74) is 7.84. The highest BCUT2D eigenvalue weighted by Crippen LogP contribution is 2.24. The lowest BCUT2D eigenvalue weighted by Crippen LogP contribution is -2.02. The first kappa shape index (κ1) is 11.0. The quantitative estimate of drug-likeness (QED) is 0.828. The van der Waals surface area contributed by atoms with E-state index in [2.05, 4.69) is 36.1 Å². The molecule has 88 valence electrons. The summed E-state index contributed by atoms with van der Waals surface area (Å²) in [6.45, 7) is 7.38. The van der Waals surface area contributed by atoms with Crippen LogP contribution >= 0.6 is 0 Å². The van der Waals surface area contributed by atoms with Gasteiger partial charge in [-0.1, -0.05) is 20.8 Å². The molecule has 2 heterocycles. The van der Waals surface area contributed by atoms with E-state index in [1.807, 2.05) is 4.68 Å². The number of nitrogens with zero attached hydrogens (tertiary/aromatic N) is 3. The van der Waals surface area contributed by atoms with Gasteiger partial charge in [-0.05, 0) is 18.8 Å². The van der Waals surface area contributed by atoms with Gasteiger partial charge in [0, 0.05) is 6.54 Å². The van der Waals surface area contributed by atoms with Gasteiger partial charge in [0.2, 0.25) is 0 Å². The van der Waals surface area contributed by atoms with Gasteiger partial charge >= 0.3 is 0 Å². The molecule has 0 aliphatic rings. The first-order valence-corrected chi connectivity index (χ1v) is 5.82. The van der Waals surface area contributed by atoms with E-state index in [0.717, 1.165) is 36.1 Å². The Balaban J connectivity index is 2.50. The van der Waals surface area contributed by atoms with Gasteiger partial charge in [0.05, 0.1) is 11.1 Å². The first-order valence-electron chi connectivity index (χ1n) is 5.82. The van der Waals surface area contributed by atoms with Gasteiger partial charge < -0.3 is 5.73 Å². The number of nitrogen functional groups attached to an aromatic ring is 1. The molecule has 0 radical (unpaired) electrons. The average molecular weight is 221 g/mol. The Hall–Kier alpha value is -1.52. The number of hydrogen-bond acceptors (Lipinski definition) is 3. The van der Waals surface area contributed by atoms with Crippen molar-refractivity contribution in [2.45, 2.75) is 40.2 Å². The van der Waals surface area contributed by atoms with Crippen LogP contribution in [-0.4, -0.2) is 20.0 Å². The van der Waals surface area contributed by atoms with E-state index >= 15 is 0 Å². The second-order valence-corrected chi connectivity index (χ2v) is 4.60. The van der Waals surface area contributed by atoms with Crippen LogP contribution in [0.4, 0.5) is 5.82 Å². The van der Waals surface area contributed by atoms with Gasteiger partial charge in [-0.3, -0.25) is 5.10 Å². The summed E-state index contributed by atoms with van der Waals surface area (Å²) in [7, 11) is 0. The Morgan fingerprint density at radius 3 is 2.81 bits per heavy atom. The standard InChI is InChI=1S/C11H19N5/c1-4-5-16-11-9(10(12)13-14-11)8(15-16)6-7(2)3/h7H,4-6H2,1-3H3,(H3,12,13,14). The van der Waals surface area contributed by atoms with Crippen molar-refractivity contribution in [2.75, 3.05) is 5.73 Å². The molecule has 0 aromatic carbocycles. The Morgan fingerprint density at radius 1 is 1.44 bits per heavy atom. The molecule has 0 atom stereocenters. The minimum absolute atomic E-state index is 0.572. The lowest BCUT2D eigenvalue weighted by molar-refractivity contribution is 0.580. The molecule has 2 aromatic rings. The van der Waals surface area contributed by atoms with Gasteiger partial charge in [0.25, 0.3) is 0 Å². The molecular formula is C11H19N5. The van der Waals surface area contributed by atoms with Crippen molar-refractivity contribution in [3.8, 4) is 0 Å². The zero-order chi connectivity index (χ0) is 11.7. The van der Waals surface area contributed by atoms with Crippen LogP contribution in [0.5, 0.6) is 0 Å². The lowest BCUT2D eigenvalue weighted by Gasteiger charge is -2.01. The lowest BCUT2D eigenvalue weighted by atomic mass is 10.1. The molecule has 0 fully saturated rings. The molecule has 0 bridgehead atoms. The number of hydrogen-bond donors (Lipinski definition) is 2. The average Bonchev–Trinajstić information content (AvgIpc) is 2.71. The van der Waals surface area contributed by atoms with E-state index in [1.165, 1.54) is 0 Å². The molecule has 0 aliphatic heterocycles. The Bertz CT molecular complexity index is 480. The number of aromatic amines is 1. The maximum atomic E-state index is 5.89. The number of fused-ring (bicyclic) bond motifs is 1. The van der Waals surface area contributed by atoms with E-state index in [9.17, 15) is 0 Å². The van der Waals surface area contributed by atoms with Crippen LogP contribution in [0.15, 0.2) is 0 Å². The fourth-order valence-electron chi connectivity index (χ4n) is 1.96. The van der Waals surface area contributed by atoms with Crippen LogP contribution in [0.1, 0.15) is 32.9 Å². The van der Waals surface area contributed by atoms with Gasteiger partial charge in [0.1, 0.15) is 5.82 Å². The molecule has 0 saturated carbocycles. The number of aryl methyl sites for hydroxylation is 1. The highest BCUT2D eigenvalue weighted by atomic mass is 15.3. The summed E-state index contributed by atoms with van der Waals surface area (Å²) in [6, 6.07) is 0. The molecule has 0 spiro atoms. The number of H-pyrrole nitrogens is 1. The molecule has 0 amide bonds. The number of nitrogens with one attached hydrogen (secondary N) is 1. The molecule has 16 heavy (non-hydrogen) atoms. The van der Waals surface area contributed by atoms with Crippen molar-refractivity contribution in [2.24, 2.45) is 5.92 Å². The zero-order valence-electron chi connectivity index (χ0n) is 10.1. The van der Waals surface area contributed by atoms with Crippen molar-refractivity contribution >= 4 is 16.9 Å². The highest BCUT2D eigenvalue weighted by molar-refractivity contribution is 5.88. The number of rotatable bonds is 4. The Kier molecular flexibility index (Phi) is 2.85. The zero-order valence-corrected chi connectivity index (χ0v) is 10.1. The third-order valence-electron chi connectivity index (χ3n) is 2.59. The molecule has 0 unspecified atom stereocenters. The van der Waals surface area contributed by atoms with Crippen molar-refractivity contribution < 1.29 is 0 Å². The first-order chi connectivity index (χ1) is 7.63. The maximum Gasteiger partial charge on any atom is 0.182 e. The third kappa shape index (κ3) is 1.77. The number of aromatic nitrogens is 4. The van der Waals surface area contributed by atoms with Crippen molar-refractivity contribution in [3.05, 3.63) is 5.69 Å². The molecule has 0 aliphatic carbocycles. The van der Waals surface area contributed by atoms with Crippen LogP contribution < -0.4 is 5.73 Å². The van der Waals surface area contributed by atoms with Gasteiger partial charge in [-0.15, -0.1) is 0 Å². The van der Waals surface area contributed by atoms with Crippen LogP contribution in [0.2, 0.25) is 0 Å². The Morgan fingerprint density at radius 2 is 2.19 bits per heavy atom. The number of nitrogens with two attached hydrogens (primary N) is 1. The second kappa shape index (κ2) is 4.15. The topological polar surface area (TPSA) is 72.5 Å². The SMILES string of the molecule is CCCn1nc(CC(C)C)c2c(N)[nH]nc21. The smallest absolute Gasteiger partial charge is 0.182 e. The van der Waals surface area contributed by atoms with E-state index in [1.54, 1.807) is 0 Å². The molecule has 2 aromatic heterocycles. The van der Waals surface area contributed by atoms with E-state index in [-0.39, 0.29) is 0 Å². The summed E-state index contributed by atoms with van der Waals surface area (Å²) in [5.74, 6) is 1.20. The fraction of sp³-hybridized carbons (Fsp3) is 0.636. The predicted octanol–water partition coefficient (Wildman–Crippen LogP) is 1.95. The van der Waals surface area contributed by atoms with E-state index in [4.69, 9.17) is 5.73 Å². The molecule has 3 N–H and O–H groups in total. The van der Waals surface area contributed by atoms with Crippen LogP contribution in [0.3, 0.4) is 0 Å². The van der Waals surface area contributed by atoms with Crippen molar-refractivity contribution in [1.29, 1.82) is 0 Å². The van der Waals surface area contributed by atoms with Crippen molar-refractivity contribution in [3.63, 3.8) is 0 Å². The molecule has 5 heteroatoms. The van der Waals surface area contributed by atoms with Crippen LogP contribution in [0, 0.1) is 5.92 Å². The predicted molar refractivity (Wildman–Crippen MR) is 65.1 cm³/mol. The van der Waals surface area contributed by atoms with Gasteiger partial charge in [-0.2, -0.15) is 10.2 Å². The number of anilines is 1. The van der Waals surface area contributed by atoms with Crippen molar-refractivity contribution in [1.82, 2.24) is 20.0 Å². The van der Waals surface area contributed by atoms with Crippen LogP contribution in [-0.2, 0) is 13.0 Å². The maximum absolute atomic E-state index is 5.89. The molecule has 2 rings (SSSR count). The molecular weight excluding hydrogens is 202 g/mol. The minimum atomic E-state index is 0.572. The molecule has 0 saturated heterocycles. The minimum Gasteiger partial charge on any atom is -0.383 e. The Labute approximate surface area is 95.0 Å². The summed E-state index contributed by atoms with van der Waals surface area (Å²) in [4.78, 5) is 0. The van der Waals surface area contributed by atoms with Gasteiger partial charge in [-0.25, -0.2) is 4.68 Å². The summed E-state index contributed by atoms with van der Waals surface area (Å²) < 4.78 is 1.94. The van der Waals surface area contributed by atoms with Crippen LogP contribution in [0.25, 0.3) is 11.0 Å². The summed E-state index contributed by atoms with van der Waals surface area (Å²) in [5, 5.41) is 12.6. The van der Waals surface area contributed by atoms with Gasteiger partial charge in [0.15, 0.2) is 5.65 Å². The largest absolute Gasteiger partial charge is 0.383 e.